The zero-order valence-corrected chi connectivity index (χ0v) is 10.4. The Morgan fingerprint density at radius 2 is 2.00 bits per heavy atom. The molecule has 0 saturated carbocycles. The molecule has 1 atom stereocenters. The summed E-state index contributed by atoms with van der Waals surface area (Å²) in [7, 11) is -1.07. The lowest BCUT2D eigenvalue weighted by atomic mass is 10.3. The predicted octanol–water partition coefficient (Wildman–Crippen LogP) is 0.683. The number of hydrogen-bond donors (Lipinski definition) is 2. The average Bonchev–Trinajstić information content (AvgIpc) is 2.37. The second kappa shape index (κ2) is 7.97. The largest absolute Gasteiger partial charge is 0.396 e. The molecule has 0 fully saturated rings. The Kier molecular flexibility index (Phi) is 6.50. The van der Waals surface area contributed by atoms with E-state index in [1.54, 1.807) is 0 Å². The number of hydrogen-bond acceptors (Lipinski definition) is 3. The minimum atomic E-state index is -1.07. The highest BCUT2D eigenvalue weighted by Crippen LogP contribution is 2.04. The highest BCUT2D eigenvalue weighted by molar-refractivity contribution is 7.85. The second-order valence-corrected chi connectivity index (χ2v) is 5.11. The van der Waals surface area contributed by atoms with Crippen LogP contribution in [0.2, 0.25) is 0 Å². The fourth-order valence-corrected chi connectivity index (χ4v) is 2.29. The van der Waals surface area contributed by atoms with E-state index < -0.39 is 10.8 Å². The van der Waals surface area contributed by atoms with E-state index in [9.17, 15) is 9.00 Å². The molecule has 1 aromatic rings. The van der Waals surface area contributed by atoms with E-state index in [-0.39, 0.29) is 12.5 Å². The van der Waals surface area contributed by atoms with Crippen LogP contribution >= 0.6 is 0 Å². The number of carbonyl (C=O) groups is 1. The van der Waals surface area contributed by atoms with E-state index in [4.69, 9.17) is 5.11 Å². The van der Waals surface area contributed by atoms with E-state index >= 15 is 0 Å². The topological polar surface area (TPSA) is 66.4 Å². The number of benzene rings is 1. The molecule has 4 nitrogen and oxygen atoms in total. The molecule has 0 aliphatic carbocycles. The first-order chi connectivity index (χ1) is 8.24. The number of nitrogens with one attached hydrogen (secondary N) is 1. The smallest absolute Gasteiger partial charge is 0.220 e. The first-order valence-electron chi connectivity index (χ1n) is 5.55. The van der Waals surface area contributed by atoms with Crippen molar-refractivity contribution in [2.45, 2.75) is 17.7 Å². The summed E-state index contributed by atoms with van der Waals surface area (Å²) in [5.41, 5.74) is 0. The molecule has 0 heterocycles. The van der Waals surface area contributed by atoms with Gasteiger partial charge < -0.3 is 10.4 Å². The third-order valence-corrected chi connectivity index (χ3v) is 3.55. The monoisotopic (exact) mass is 255 g/mol. The number of amides is 1. The molecule has 0 unspecified atom stereocenters. The van der Waals surface area contributed by atoms with Crippen LogP contribution < -0.4 is 5.32 Å². The van der Waals surface area contributed by atoms with E-state index in [1.807, 2.05) is 30.3 Å². The summed E-state index contributed by atoms with van der Waals surface area (Å²) in [6, 6.07) is 9.17. The van der Waals surface area contributed by atoms with Crippen LogP contribution in [0.15, 0.2) is 35.2 Å². The molecular weight excluding hydrogens is 238 g/mol. The zero-order valence-electron chi connectivity index (χ0n) is 9.59. The summed E-state index contributed by atoms with van der Waals surface area (Å²) in [6.45, 7) is 0.412. The Morgan fingerprint density at radius 3 is 2.65 bits per heavy atom. The van der Waals surface area contributed by atoms with Crippen LogP contribution in [0.25, 0.3) is 0 Å². The summed E-state index contributed by atoms with van der Waals surface area (Å²) >= 11 is 0. The zero-order chi connectivity index (χ0) is 12.5. The molecule has 0 aliphatic rings. The van der Waals surface area contributed by atoms with Crippen LogP contribution in [0.5, 0.6) is 0 Å². The maximum Gasteiger partial charge on any atom is 0.220 e. The van der Waals surface area contributed by atoms with E-state index in [0.29, 0.717) is 25.1 Å². The van der Waals surface area contributed by atoms with Gasteiger partial charge in [-0.2, -0.15) is 0 Å². The van der Waals surface area contributed by atoms with Gasteiger partial charge in [-0.25, -0.2) is 0 Å². The lowest BCUT2D eigenvalue weighted by Crippen LogP contribution is -2.27. The number of aliphatic hydroxyl groups is 1. The Balaban J connectivity index is 2.23. The van der Waals surface area contributed by atoms with Crippen molar-refractivity contribution in [1.29, 1.82) is 0 Å². The van der Waals surface area contributed by atoms with Crippen LogP contribution in [0.1, 0.15) is 12.8 Å². The lowest BCUT2D eigenvalue weighted by Gasteiger charge is -2.04. The van der Waals surface area contributed by atoms with Gasteiger partial charge in [-0.15, -0.1) is 0 Å². The Morgan fingerprint density at radius 1 is 1.29 bits per heavy atom. The molecule has 1 amide bonds. The molecule has 0 aliphatic heterocycles. The fourth-order valence-electron chi connectivity index (χ4n) is 1.30. The summed E-state index contributed by atoms with van der Waals surface area (Å²) in [6.07, 6.45) is 0.780. The van der Waals surface area contributed by atoms with E-state index in [1.165, 1.54) is 0 Å². The van der Waals surface area contributed by atoms with Crippen molar-refractivity contribution in [3.05, 3.63) is 30.3 Å². The average molecular weight is 255 g/mol. The molecule has 1 rings (SSSR count). The van der Waals surface area contributed by atoms with Crippen LogP contribution in [0.4, 0.5) is 0 Å². The first kappa shape index (κ1) is 13.9. The minimum absolute atomic E-state index is 0.0172. The van der Waals surface area contributed by atoms with Crippen LogP contribution in [0.3, 0.4) is 0 Å². The standard InChI is InChI=1S/C12H17NO3S/c14-9-4-7-12(15)13-8-10-17(16)11-5-2-1-3-6-11/h1-3,5-6,14H,4,7-10H2,(H,13,15)/t17-/m1/s1. The van der Waals surface area contributed by atoms with Gasteiger partial charge in [0.25, 0.3) is 0 Å². The molecule has 0 saturated heterocycles. The van der Waals surface area contributed by atoms with Gasteiger partial charge >= 0.3 is 0 Å². The molecule has 2 N–H and O–H groups in total. The normalized spacial score (nSPS) is 12.1. The van der Waals surface area contributed by atoms with Crippen molar-refractivity contribution in [3.63, 3.8) is 0 Å². The maximum absolute atomic E-state index is 11.8. The molecule has 0 radical (unpaired) electrons. The molecule has 5 heteroatoms. The number of aliphatic hydroxyl groups excluding tert-OH is 1. The molecule has 0 aromatic heterocycles. The van der Waals surface area contributed by atoms with Gasteiger partial charge in [0.05, 0.1) is 10.8 Å². The highest BCUT2D eigenvalue weighted by atomic mass is 32.2. The van der Waals surface area contributed by atoms with Gasteiger partial charge in [0.2, 0.25) is 5.91 Å². The number of carbonyl (C=O) groups excluding carboxylic acids is 1. The molecule has 0 spiro atoms. The Labute approximate surface area is 104 Å². The quantitative estimate of drug-likeness (QED) is 0.753. The summed E-state index contributed by atoms with van der Waals surface area (Å²) in [4.78, 5) is 12.0. The third-order valence-electron chi connectivity index (χ3n) is 2.18. The van der Waals surface area contributed by atoms with Crippen LogP contribution in [-0.4, -0.2) is 34.1 Å². The van der Waals surface area contributed by atoms with Crippen molar-refractivity contribution in [2.24, 2.45) is 0 Å². The second-order valence-electron chi connectivity index (χ2n) is 3.54. The summed E-state index contributed by atoms with van der Waals surface area (Å²) < 4.78 is 11.8. The van der Waals surface area contributed by atoms with Crippen molar-refractivity contribution in [2.75, 3.05) is 18.9 Å². The SMILES string of the molecule is O=C(CCCO)NCC[S@@](=O)c1ccccc1. The van der Waals surface area contributed by atoms with Gasteiger partial charge in [0.1, 0.15) is 0 Å². The van der Waals surface area contributed by atoms with Crippen molar-refractivity contribution in [3.8, 4) is 0 Å². The predicted molar refractivity (Wildman–Crippen MR) is 67.0 cm³/mol. The van der Waals surface area contributed by atoms with Gasteiger partial charge in [-0.1, -0.05) is 18.2 Å². The Hall–Kier alpha value is -1.20. The van der Waals surface area contributed by atoms with Crippen molar-refractivity contribution < 1.29 is 14.1 Å². The lowest BCUT2D eigenvalue weighted by molar-refractivity contribution is -0.121. The summed E-state index contributed by atoms with van der Waals surface area (Å²) in [5.74, 6) is 0.304. The fraction of sp³-hybridized carbons (Fsp3) is 0.417. The highest BCUT2D eigenvalue weighted by Gasteiger charge is 2.04. The van der Waals surface area contributed by atoms with E-state index in [2.05, 4.69) is 5.32 Å². The van der Waals surface area contributed by atoms with Gasteiger partial charge in [0, 0.05) is 30.2 Å². The maximum atomic E-state index is 11.8. The van der Waals surface area contributed by atoms with Gasteiger partial charge in [0.15, 0.2) is 0 Å². The van der Waals surface area contributed by atoms with Gasteiger partial charge in [-0.05, 0) is 18.6 Å². The summed E-state index contributed by atoms with van der Waals surface area (Å²) in [5, 5.41) is 11.2. The molecule has 1 aromatic carbocycles. The number of rotatable bonds is 7. The molecular formula is C12H17NO3S. The molecule has 17 heavy (non-hydrogen) atoms. The third kappa shape index (κ3) is 5.60. The van der Waals surface area contributed by atoms with Crippen LogP contribution in [-0.2, 0) is 15.6 Å². The van der Waals surface area contributed by atoms with Crippen LogP contribution in [0, 0.1) is 0 Å². The van der Waals surface area contributed by atoms with Crippen molar-refractivity contribution in [1.82, 2.24) is 5.32 Å². The molecule has 0 bridgehead atoms. The minimum Gasteiger partial charge on any atom is -0.396 e. The Bertz CT molecular complexity index is 367. The first-order valence-corrected chi connectivity index (χ1v) is 6.87. The van der Waals surface area contributed by atoms with E-state index in [0.717, 1.165) is 4.90 Å². The van der Waals surface area contributed by atoms with Gasteiger partial charge in [-0.3, -0.25) is 9.00 Å². The molecule has 94 valence electrons. The van der Waals surface area contributed by atoms with Crippen molar-refractivity contribution >= 4 is 16.7 Å².